The summed E-state index contributed by atoms with van der Waals surface area (Å²) >= 11 is 0. The molecule has 5 nitrogen and oxygen atoms in total. The molecule has 0 bridgehead atoms. The summed E-state index contributed by atoms with van der Waals surface area (Å²) in [7, 11) is 0. The highest BCUT2D eigenvalue weighted by atomic mass is 19.1. The van der Waals surface area contributed by atoms with Gasteiger partial charge in [-0.15, -0.1) is 0 Å². The van der Waals surface area contributed by atoms with Crippen LogP contribution in [0.5, 0.6) is 0 Å². The number of pyridine rings is 1. The summed E-state index contributed by atoms with van der Waals surface area (Å²) in [6.07, 6.45) is 1.64. The largest absolute Gasteiger partial charge is 0.326 e. The van der Waals surface area contributed by atoms with Crippen molar-refractivity contribution in [3.05, 3.63) is 95.8 Å². The van der Waals surface area contributed by atoms with Crippen LogP contribution in [0.4, 0.5) is 14.5 Å². The number of aromatic nitrogens is 1. The third kappa shape index (κ3) is 5.43. The van der Waals surface area contributed by atoms with Crippen LogP contribution in [0.2, 0.25) is 0 Å². The highest BCUT2D eigenvalue weighted by molar-refractivity contribution is 6.09. The number of carbonyl (C=O) groups excluding carboxylic acids is 1. The van der Waals surface area contributed by atoms with Gasteiger partial charge in [0.05, 0.1) is 12.2 Å². The summed E-state index contributed by atoms with van der Waals surface area (Å²) in [5.74, 6) is -1.21. The predicted octanol–water partition coefficient (Wildman–Crippen LogP) is 3.76. The van der Waals surface area contributed by atoms with Crippen LogP contribution in [-0.2, 0) is 6.54 Å². The quantitative estimate of drug-likeness (QED) is 0.546. The second-order valence-electron chi connectivity index (χ2n) is 5.58. The Hall–Kier alpha value is -3.61. The molecule has 0 atom stereocenters. The SMILES string of the molecule is O=C(NC(=NCc1ccccn1)Nc1cccc(F)c1)c1ccc(F)cc1. The number of nitrogens with zero attached hydrogens (tertiary/aromatic N) is 2. The van der Waals surface area contributed by atoms with Crippen molar-refractivity contribution >= 4 is 17.6 Å². The minimum Gasteiger partial charge on any atom is -0.326 e. The Morgan fingerprint density at radius 2 is 1.78 bits per heavy atom. The summed E-state index contributed by atoms with van der Waals surface area (Å²) in [6.45, 7) is 0.211. The molecule has 27 heavy (non-hydrogen) atoms. The fourth-order valence-electron chi connectivity index (χ4n) is 2.25. The summed E-state index contributed by atoms with van der Waals surface area (Å²) < 4.78 is 26.5. The van der Waals surface area contributed by atoms with E-state index in [0.29, 0.717) is 11.4 Å². The van der Waals surface area contributed by atoms with Gasteiger partial charge < -0.3 is 5.32 Å². The molecule has 136 valence electrons. The first kappa shape index (κ1) is 18.2. The van der Waals surface area contributed by atoms with E-state index in [1.165, 1.54) is 42.5 Å². The number of carbonyl (C=O) groups is 1. The molecular formula is C20H16F2N4O. The number of halogens is 2. The number of hydrogen-bond donors (Lipinski definition) is 2. The standard InChI is InChI=1S/C20H16F2N4O/c21-15-9-7-14(8-10-15)19(27)26-20(24-13-18-5-1-2-11-23-18)25-17-6-3-4-16(22)12-17/h1-12H,13H2,(H2,24,25,26,27). The zero-order chi connectivity index (χ0) is 19.1. The molecule has 0 aliphatic carbocycles. The van der Waals surface area contributed by atoms with Gasteiger partial charge in [-0.25, -0.2) is 13.8 Å². The Labute approximate surface area is 154 Å². The monoisotopic (exact) mass is 366 g/mol. The smallest absolute Gasteiger partial charge is 0.257 e. The number of guanidine groups is 1. The van der Waals surface area contributed by atoms with Crippen molar-refractivity contribution in [3.63, 3.8) is 0 Å². The topological polar surface area (TPSA) is 66.4 Å². The summed E-state index contributed by atoms with van der Waals surface area (Å²) in [5, 5.41) is 5.50. The molecular weight excluding hydrogens is 350 g/mol. The van der Waals surface area contributed by atoms with Crippen molar-refractivity contribution in [1.29, 1.82) is 0 Å². The third-order valence-electron chi connectivity index (χ3n) is 3.55. The van der Waals surface area contributed by atoms with Gasteiger partial charge in [-0.2, -0.15) is 0 Å². The van der Waals surface area contributed by atoms with Crippen molar-refractivity contribution in [2.24, 2.45) is 4.99 Å². The van der Waals surface area contributed by atoms with Crippen molar-refractivity contribution in [3.8, 4) is 0 Å². The maximum Gasteiger partial charge on any atom is 0.257 e. The molecule has 0 spiro atoms. The average Bonchev–Trinajstić information content (AvgIpc) is 2.67. The molecule has 2 N–H and O–H groups in total. The molecule has 0 aliphatic heterocycles. The third-order valence-corrected chi connectivity index (χ3v) is 3.55. The number of benzene rings is 2. The lowest BCUT2D eigenvalue weighted by molar-refractivity contribution is 0.0977. The summed E-state index contributed by atoms with van der Waals surface area (Å²) in [6, 6.07) is 16.3. The molecule has 1 heterocycles. The fourth-order valence-corrected chi connectivity index (χ4v) is 2.25. The van der Waals surface area contributed by atoms with Crippen LogP contribution in [-0.4, -0.2) is 16.9 Å². The zero-order valence-corrected chi connectivity index (χ0v) is 14.2. The predicted molar refractivity (Wildman–Crippen MR) is 99.3 cm³/mol. The maximum atomic E-state index is 13.4. The van der Waals surface area contributed by atoms with E-state index in [1.807, 2.05) is 6.07 Å². The van der Waals surface area contributed by atoms with Crippen LogP contribution in [0.1, 0.15) is 16.1 Å². The van der Waals surface area contributed by atoms with Crippen LogP contribution in [0, 0.1) is 11.6 Å². The summed E-state index contributed by atoms with van der Waals surface area (Å²) in [4.78, 5) is 20.9. The minimum atomic E-state index is -0.473. The highest BCUT2D eigenvalue weighted by Gasteiger charge is 2.10. The Bertz CT molecular complexity index is 944. The molecule has 0 radical (unpaired) electrons. The zero-order valence-electron chi connectivity index (χ0n) is 14.2. The second kappa shape index (κ2) is 8.66. The molecule has 0 unspecified atom stereocenters. The lowest BCUT2D eigenvalue weighted by atomic mass is 10.2. The van der Waals surface area contributed by atoms with Crippen molar-refractivity contribution in [2.75, 3.05) is 5.32 Å². The van der Waals surface area contributed by atoms with Crippen molar-refractivity contribution in [2.45, 2.75) is 6.54 Å². The Kier molecular flexibility index (Phi) is 5.84. The lowest BCUT2D eigenvalue weighted by Crippen LogP contribution is -2.36. The number of amides is 1. The molecule has 0 aliphatic rings. The van der Waals surface area contributed by atoms with E-state index < -0.39 is 17.5 Å². The van der Waals surface area contributed by atoms with E-state index in [-0.39, 0.29) is 18.1 Å². The van der Waals surface area contributed by atoms with Gasteiger partial charge in [0.25, 0.3) is 5.91 Å². The average molecular weight is 366 g/mol. The van der Waals surface area contributed by atoms with Crippen LogP contribution in [0.25, 0.3) is 0 Å². The summed E-state index contributed by atoms with van der Waals surface area (Å²) in [5.41, 5.74) is 1.39. The molecule has 0 saturated carbocycles. The lowest BCUT2D eigenvalue weighted by Gasteiger charge is -2.12. The minimum absolute atomic E-state index is 0.126. The number of nitrogens with one attached hydrogen (secondary N) is 2. The van der Waals surface area contributed by atoms with E-state index in [1.54, 1.807) is 24.4 Å². The van der Waals surface area contributed by atoms with Gasteiger partial charge in [0, 0.05) is 17.4 Å². The number of anilines is 1. The molecule has 3 rings (SSSR count). The van der Waals surface area contributed by atoms with Crippen molar-refractivity contribution in [1.82, 2.24) is 10.3 Å². The second-order valence-corrected chi connectivity index (χ2v) is 5.58. The maximum absolute atomic E-state index is 13.4. The van der Waals surface area contributed by atoms with Gasteiger partial charge in [-0.3, -0.25) is 15.1 Å². The Morgan fingerprint density at radius 3 is 2.48 bits per heavy atom. The Balaban J connectivity index is 1.79. The van der Waals surface area contributed by atoms with Gasteiger partial charge in [0.2, 0.25) is 5.96 Å². The van der Waals surface area contributed by atoms with Gasteiger partial charge in [0.15, 0.2) is 0 Å². The van der Waals surface area contributed by atoms with E-state index in [9.17, 15) is 13.6 Å². The van der Waals surface area contributed by atoms with Crippen LogP contribution < -0.4 is 10.6 Å². The van der Waals surface area contributed by atoms with Crippen LogP contribution in [0.3, 0.4) is 0 Å². The highest BCUT2D eigenvalue weighted by Crippen LogP contribution is 2.10. The molecule has 0 saturated heterocycles. The van der Waals surface area contributed by atoms with E-state index in [4.69, 9.17) is 0 Å². The van der Waals surface area contributed by atoms with Gasteiger partial charge in [0.1, 0.15) is 11.6 Å². The van der Waals surface area contributed by atoms with Crippen molar-refractivity contribution < 1.29 is 13.6 Å². The van der Waals surface area contributed by atoms with Gasteiger partial charge in [-0.05, 0) is 54.6 Å². The molecule has 7 heteroatoms. The molecule has 0 fully saturated rings. The molecule has 1 amide bonds. The number of aliphatic imine (C=N–C) groups is 1. The first-order valence-electron chi connectivity index (χ1n) is 8.14. The normalized spacial score (nSPS) is 11.1. The first-order chi connectivity index (χ1) is 13.1. The van der Waals surface area contributed by atoms with Gasteiger partial charge >= 0.3 is 0 Å². The Morgan fingerprint density at radius 1 is 0.963 bits per heavy atom. The van der Waals surface area contributed by atoms with E-state index in [2.05, 4.69) is 20.6 Å². The van der Waals surface area contributed by atoms with E-state index in [0.717, 1.165) is 0 Å². The molecule has 1 aromatic heterocycles. The fraction of sp³-hybridized carbons (Fsp3) is 0.0500. The first-order valence-corrected chi connectivity index (χ1v) is 8.14. The van der Waals surface area contributed by atoms with E-state index >= 15 is 0 Å². The number of hydrogen-bond acceptors (Lipinski definition) is 3. The number of rotatable bonds is 4. The van der Waals surface area contributed by atoms with Crippen LogP contribution >= 0.6 is 0 Å². The molecule has 2 aromatic carbocycles. The molecule has 3 aromatic rings. The van der Waals surface area contributed by atoms with Crippen LogP contribution in [0.15, 0.2) is 77.9 Å². The van der Waals surface area contributed by atoms with Gasteiger partial charge in [-0.1, -0.05) is 12.1 Å².